The van der Waals surface area contributed by atoms with Gasteiger partial charge in [-0.2, -0.15) is 0 Å². The van der Waals surface area contributed by atoms with E-state index >= 15 is 0 Å². The average Bonchev–Trinajstić information content (AvgIpc) is 2.41. The summed E-state index contributed by atoms with van der Waals surface area (Å²) in [6.07, 6.45) is 2.48. The third-order valence-corrected chi connectivity index (χ3v) is 4.02. The fourth-order valence-electron chi connectivity index (χ4n) is 2.93. The van der Waals surface area contributed by atoms with Crippen molar-refractivity contribution in [2.75, 3.05) is 26.2 Å². The molecule has 0 bridgehead atoms. The average molecular weight is 246 g/mol. The lowest BCUT2D eigenvalue weighted by Crippen LogP contribution is -2.48. The van der Waals surface area contributed by atoms with Gasteiger partial charge in [0.2, 0.25) is 0 Å². The molecule has 1 heterocycles. The molecule has 1 aliphatic rings. The Morgan fingerprint density at radius 2 is 2.06 bits per heavy atom. The predicted octanol–water partition coefficient (Wildman–Crippen LogP) is 2.55. The summed E-state index contributed by atoms with van der Waals surface area (Å²) in [5.41, 5.74) is 1.46. The lowest BCUT2D eigenvalue weighted by atomic mass is 9.93. The van der Waals surface area contributed by atoms with Gasteiger partial charge in [-0.15, -0.1) is 0 Å². The lowest BCUT2D eigenvalue weighted by Gasteiger charge is -2.37. The fourth-order valence-corrected chi connectivity index (χ4v) is 2.93. The Balaban J connectivity index is 1.75. The second kappa shape index (κ2) is 6.91. The van der Waals surface area contributed by atoms with Crippen LogP contribution in [0.25, 0.3) is 0 Å². The van der Waals surface area contributed by atoms with E-state index in [2.05, 4.69) is 54.4 Å². The van der Waals surface area contributed by atoms with Crippen molar-refractivity contribution in [3.05, 3.63) is 35.9 Å². The van der Waals surface area contributed by atoms with Crippen molar-refractivity contribution in [1.29, 1.82) is 0 Å². The smallest absolute Gasteiger partial charge is 0.0117 e. The Morgan fingerprint density at radius 3 is 2.72 bits per heavy atom. The first-order chi connectivity index (χ1) is 8.79. The molecule has 2 atom stereocenters. The zero-order valence-electron chi connectivity index (χ0n) is 11.7. The van der Waals surface area contributed by atoms with E-state index in [1.807, 2.05) is 0 Å². The highest BCUT2D eigenvalue weighted by atomic mass is 15.1. The van der Waals surface area contributed by atoms with E-state index in [-0.39, 0.29) is 0 Å². The van der Waals surface area contributed by atoms with Crippen molar-refractivity contribution in [2.24, 2.45) is 5.92 Å². The summed E-state index contributed by atoms with van der Waals surface area (Å²) in [7, 11) is 0. The largest absolute Gasteiger partial charge is 0.314 e. The molecule has 2 unspecified atom stereocenters. The molecule has 1 aliphatic heterocycles. The maximum atomic E-state index is 3.60. The first kappa shape index (κ1) is 13.6. The van der Waals surface area contributed by atoms with E-state index in [1.54, 1.807) is 0 Å². The van der Waals surface area contributed by atoms with E-state index in [1.165, 1.54) is 38.0 Å². The summed E-state index contributed by atoms with van der Waals surface area (Å²) in [6.45, 7) is 9.36. The quantitative estimate of drug-likeness (QED) is 0.859. The Morgan fingerprint density at radius 1 is 1.28 bits per heavy atom. The second-order valence-electron chi connectivity index (χ2n) is 5.47. The second-order valence-corrected chi connectivity index (χ2v) is 5.47. The predicted molar refractivity (Wildman–Crippen MR) is 77.8 cm³/mol. The van der Waals surface area contributed by atoms with E-state index in [4.69, 9.17) is 0 Å². The van der Waals surface area contributed by atoms with Gasteiger partial charge in [-0.25, -0.2) is 0 Å². The Kier molecular flexibility index (Phi) is 5.21. The molecule has 1 fully saturated rings. The van der Waals surface area contributed by atoms with Crippen LogP contribution in [0.1, 0.15) is 25.8 Å². The van der Waals surface area contributed by atoms with Crippen molar-refractivity contribution >= 4 is 0 Å². The molecule has 1 saturated heterocycles. The van der Waals surface area contributed by atoms with Gasteiger partial charge in [-0.05, 0) is 37.4 Å². The summed E-state index contributed by atoms with van der Waals surface area (Å²) in [4.78, 5) is 2.62. The fraction of sp³-hybridized carbons (Fsp3) is 0.625. The van der Waals surface area contributed by atoms with Crippen molar-refractivity contribution < 1.29 is 0 Å². The van der Waals surface area contributed by atoms with E-state index in [9.17, 15) is 0 Å². The topological polar surface area (TPSA) is 15.3 Å². The van der Waals surface area contributed by atoms with Crippen molar-refractivity contribution in [3.8, 4) is 0 Å². The summed E-state index contributed by atoms with van der Waals surface area (Å²) < 4.78 is 0. The minimum atomic E-state index is 0.725. The number of hydrogen-bond acceptors (Lipinski definition) is 2. The number of rotatable bonds is 5. The van der Waals surface area contributed by atoms with Crippen molar-refractivity contribution in [3.63, 3.8) is 0 Å². The summed E-state index contributed by atoms with van der Waals surface area (Å²) >= 11 is 0. The molecule has 2 rings (SSSR count). The minimum Gasteiger partial charge on any atom is -0.314 e. The molecule has 0 aliphatic carbocycles. The highest BCUT2D eigenvalue weighted by Crippen LogP contribution is 2.17. The molecule has 1 N–H and O–H groups in total. The molecule has 0 spiro atoms. The van der Waals surface area contributed by atoms with Crippen molar-refractivity contribution in [2.45, 2.75) is 32.7 Å². The number of nitrogens with one attached hydrogen (secondary N) is 1. The van der Waals surface area contributed by atoms with Crippen LogP contribution in [0.3, 0.4) is 0 Å². The molecule has 2 nitrogen and oxygen atoms in total. The Labute approximate surface area is 111 Å². The van der Waals surface area contributed by atoms with E-state index in [0.717, 1.165) is 18.5 Å². The van der Waals surface area contributed by atoms with Crippen LogP contribution < -0.4 is 5.32 Å². The number of benzene rings is 1. The molecule has 18 heavy (non-hydrogen) atoms. The number of hydrogen-bond donors (Lipinski definition) is 1. The number of nitrogens with zero attached hydrogens (tertiary/aromatic N) is 1. The van der Waals surface area contributed by atoms with Gasteiger partial charge in [0, 0.05) is 19.1 Å². The van der Waals surface area contributed by atoms with E-state index < -0.39 is 0 Å². The van der Waals surface area contributed by atoms with Crippen LogP contribution in [0.15, 0.2) is 30.3 Å². The third-order valence-electron chi connectivity index (χ3n) is 4.02. The Hall–Kier alpha value is -0.860. The molecule has 0 radical (unpaired) electrons. The van der Waals surface area contributed by atoms with Crippen LogP contribution >= 0.6 is 0 Å². The summed E-state index contributed by atoms with van der Waals surface area (Å²) in [6, 6.07) is 11.5. The maximum Gasteiger partial charge on any atom is 0.0117 e. The number of likely N-dealkylation sites (tertiary alicyclic amines) is 1. The minimum absolute atomic E-state index is 0.725. The highest BCUT2D eigenvalue weighted by molar-refractivity contribution is 5.14. The molecule has 1 aromatic carbocycles. The van der Waals surface area contributed by atoms with Gasteiger partial charge in [-0.1, -0.05) is 44.2 Å². The normalized spacial score (nSPS) is 25.2. The lowest BCUT2D eigenvalue weighted by molar-refractivity contribution is 0.150. The number of piperidine rings is 1. The van der Waals surface area contributed by atoms with Gasteiger partial charge in [0.15, 0.2) is 0 Å². The third kappa shape index (κ3) is 3.82. The molecule has 2 heteroatoms. The monoisotopic (exact) mass is 246 g/mol. The van der Waals surface area contributed by atoms with Crippen LogP contribution in [0.5, 0.6) is 0 Å². The molecular weight excluding hydrogens is 220 g/mol. The molecule has 0 saturated carbocycles. The highest BCUT2D eigenvalue weighted by Gasteiger charge is 2.24. The van der Waals surface area contributed by atoms with Gasteiger partial charge < -0.3 is 10.2 Å². The van der Waals surface area contributed by atoms with Crippen LogP contribution in [-0.2, 0) is 6.42 Å². The first-order valence-electron chi connectivity index (χ1n) is 7.29. The van der Waals surface area contributed by atoms with E-state index in [0.29, 0.717) is 0 Å². The zero-order valence-corrected chi connectivity index (χ0v) is 11.7. The SMILES string of the molecule is CCNC1CCN(CCc2ccccc2)CC1C. The Bertz CT molecular complexity index is 336. The zero-order chi connectivity index (χ0) is 12.8. The molecular formula is C16H26N2. The van der Waals surface area contributed by atoms with Crippen LogP contribution in [-0.4, -0.2) is 37.1 Å². The summed E-state index contributed by atoms with van der Waals surface area (Å²) in [5.74, 6) is 0.773. The molecule has 1 aromatic rings. The van der Waals surface area contributed by atoms with Gasteiger partial charge in [0.05, 0.1) is 0 Å². The molecule has 0 amide bonds. The van der Waals surface area contributed by atoms with Gasteiger partial charge in [0.1, 0.15) is 0 Å². The van der Waals surface area contributed by atoms with Crippen LogP contribution in [0, 0.1) is 5.92 Å². The summed E-state index contributed by atoms with van der Waals surface area (Å²) in [5, 5.41) is 3.60. The van der Waals surface area contributed by atoms with Gasteiger partial charge in [0.25, 0.3) is 0 Å². The van der Waals surface area contributed by atoms with Crippen LogP contribution in [0.2, 0.25) is 0 Å². The molecule has 100 valence electrons. The van der Waals surface area contributed by atoms with Gasteiger partial charge in [-0.3, -0.25) is 0 Å². The molecule has 0 aromatic heterocycles. The maximum absolute atomic E-state index is 3.60. The standard InChI is InChI=1S/C16H26N2/c1-3-17-16-10-12-18(13-14(16)2)11-9-15-7-5-4-6-8-15/h4-8,14,16-17H,3,9-13H2,1-2H3. The van der Waals surface area contributed by atoms with Crippen molar-refractivity contribution in [1.82, 2.24) is 10.2 Å². The van der Waals surface area contributed by atoms with Gasteiger partial charge >= 0.3 is 0 Å². The first-order valence-corrected chi connectivity index (χ1v) is 7.29. The van der Waals surface area contributed by atoms with Crippen LogP contribution in [0.4, 0.5) is 0 Å².